The second-order valence-corrected chi connectivity index (χ2v) is 7.46. The second kappa shape index (κ2) is 8.91. The Kier molecular flexibility index (Phi) is 5.50. The first kappa shape index (κ1) is 20.4. The Morgan fingerprint density at radius 1 is 1.06 bits per heavy atom. The zero-order valence-electron chi connectivity index (χ0n) is 17.7. The van der Waals surface area contributed by atoms with Crippen LogP contribution < -0.4 is 15.8 Å². The van der Waals surface area contributed by atoms with Gasteiger partial charge in [-0.1, -0.05) is 12.1 Å². The summed E-state index contributed by atoms with van der Waals surface area (Å²) in [7, 11) is 0. The predicted octanol–water partition coefficient (Wildman–Crippen LogP) is 3.42. The highest BCUT2D eigenvalue weighted by Gasteiger charge is 2.12. The number of aromatic nitrogens is 5. The van der Waals surface area contributed by atoms with Crippen molar-refractivity contribution in [1.82, 2.24) is 24.7 Å². The van der Waals surface area contributed by atoms with Crippen molar-refractivity contribution in [3.05, 3.63) is 79.0 Å². The normalized spacial score (nSPS) is 11.0. The number of carbonyl (C=O) groups is 1. The van der Waals surface area contributed by atoms with Gasteiger partial charge in [0.2, 0.25) is 5.91 Å². The monoisotopic (exact) mass is 439 g/mol. The zero-order chi connectivity index (χ0) is 22.6. The lowest BCUT2D eigenvalue weighted by Crippen LogP contribution is -2.14. The first-order chi connectivity index (χ1) is 16.2. The lowest BCUT2D eigenvalue weighted by atomic mass is 10.2. The molecule has 5 rings (SSSR count). The third-order valence-corrected chi connectivity index (χ3v) is 5.17. The molecule has 9 heteroatoms. The van der Waals surface area contributed by atoms with Crippen molar-refractivity contribution in [2.75, 3.05) is 11.9 Å². The summed E-state index contributed by atoms with van der Waals surface area (Å²) in [5.41, 5.74) is 8.76. The number of hydrogen-bond donors (Lipinski definition) is 2. The van der Waals surface area contributed by atoms with Crippen molar-refractivity contribution >= 4 is 39.2 Å². The van der Waals surface area contributed by atoms with Crippen LogP contribution in [-0.4, -0.2) is 37.2 Å². The van der Waals surface area contributed by atoms with E-state index in [9.17, 15) is 4.79 Å². The van der Waals surface area contributed by atoms with Gasteiger partial charge in [0, 0.05) is 17.3 Å². The van der Waals surface area contributed by atoms with Crippen molar-refractivity contribution in [1.29, 1.82) is 0 Å². The Morgan fingerprint density at radius 2 is 2.00 bits per heavy atom. The number of hydrogen-bond acceptors (Lipinski definition) is 7. The summed E-state index contributed by atoms with van der Waals surface area (Å²) in [5.74, 6) is 0.776. The third-order valence-electron chi connectivity index (χ3n) is 5.17. The smallest absolute Gasteiger partial charge is 0.220 e. The van der Waals surface area contributed by atoms with Crippen LogP contribution in [0, 0.1) is 0 Å². The molecule has 164 valence electrons. The van der Waals surface area contributed by atoms with E-state index in [2.05, 4.69) is 25.4 Å². The Balaban J connectivity index is 1.43. The van der Waals surface area contributed by atoms with Gasteiger partial charge >= 0.3 is 0 Å². The van der Waals surface area contributed by atoms with Crippen LogP contribution in [-0.2, 0) is 11.3 Å². The number of amides is 1. The molecule has 0 aliphatic heterocycles. The molecule has 3 N–H and O–H groups in total. The first-order valence-electron chi connectivity index (χ1n) is 10.4. The van der Waals surface area contributed by atoms with Gasteiger partial charge in [0.05, 0.1) is 47.9 Å². The summed E-state index contributed by atoms with van der Waals surface area (Å²) in [6.45, 7) is 0.782. The number of nitrogens with zero attached hydrogens (tertiary/aromatic N) is 5. The van der Waals surface area contributed by atoms with E-state index in [0.717, 1.165) is 33.2 Å². The molecule has 9 nitrogen and oxygen atoms in total. The highest BCUT2D eigenvalue weighted by molar-refractivity contribution is 5.96. The van der Waals surface area contributed by atoms with Gasteiger partial charge in [0.25, 0.3) is 0 Å². The van der Waals surface area contributed by atoms with Crippen LogP contribution in [0.3, 0.4) is 0 Å². The number of nitrogens with two attached hydrogens (primary N) is 1. The number of ether oxygens (including phenoxy) is 1. The summed E-state index contributed by atoms with van der Waals surface area (Å²) in [4.78, 5) is 24.2. The maximum Gasteiger partial charge on any atom is 0.220 e. The molecule has 0 saturated heterocycles. The largest absolute Gasteiger partial charge is 0.492 e. The number of nitrogens with one attached hydrogen (secondary N) is 1. The van der Waals surface area contributed by atoms with Gasteiger partial charge in [-0.05, 0) is 42.5 Å². The average molecular weight is 439 g/mol. The van der Waals surface area contributed by atoms with Gasteiger partial charge < -0.3 is 15.8 Å². The molecule has 0 spiro atoms. The lowest BCUT2D eigenvalue weighted by molar-refractivity contribution is -0.118. The molecule has 0 aliphatic carbocycles. The molecule has 2 aromatic carbocycles. The van der Waals surface area contributed by atoms with Crippen molar-refractivity contribution in [2.24, 2.45) is 5.73 Å². The molecular formula is C24H21N7O2. The first-order valence-corrected chi connectivity index (χ1v) is 10.4. The number of benzene rings is 2. The minimum Gasteiger partial charge on any atom is -0.492 e. The second-order valence-electron chi connectivity index (χ2n) is 7.46. The maximum absolute atomic E-state index is 11.1. The van der Waals surface area contributed by atoms with Crippen molar-refractivity contribution in [3.8, 4) is 5.75 Å². The molecule has 0 fully saturated rings. The minimum atomic E-state index is -0.415. The van der Waals surface area contributed by atoms with Crippen molar-refractivity contribution in [3.63, 3.8) is 0 Å². The van der Waals surface area contributed by atoms with E-state index in [0.29, 0.717) is 18.1 Å². The summed E-state index contributed by atoms with van der Waals surface area (Å²) in [5, 5.41) is 9.61. The Labute approximate surface area is 189 Å². The van der Waals surface area contributed by atoms with Crippen LogP contribution >= 0.6 is 0 Å². The Bertz CT molecular complexity index is 1430. The summed E-state index contributed by atoms with van der Waals surface area (Å²) in [6.07, 6.45) is 5.24. The van der Waals surface area contributed by atoms with Crippen LogP contribution in [0.4, 0.5) is 11.5 Å². The lowest BCUT2D eigenvalue weighted by Gasteiger charge is -2.13. The van der Waals surface area contributed by atoms with Crippen molar-refractivity contribution < 1.29 is 9.53 Å². The van der Waals surface area contributed by atoms with Gasteiger partial charge in [-0.2, -0.15) is 5.10 Å². The number of anilines is 2. The number of primary amides is 1. The zero-order valence-corrected chi connectivity index (χ0v) is 17.7. The highest BCUT2D eigenvalue weighted by atomic mass is 16.5. The van der Waals surface area contributed by atoms with Gasteiger partial charge in [0.15, 0.2) is 0 Å². The number of rotatable bonds is 8. The molecule has 0 radical (unpaired) electrons. The molecule has 3 heterocycles. The molecule has 1 amide bonds. The highest BCUT2D eigenvalue weighted by Crippen LogP contribution is 2.32. The SMILES string of the molecule is NC(=O)CCOc1cccc2ncnc(Nc3ccc4c(cnn4Cc4ccccn4)c3)c12. The molecule has 0 bridgehead atoms. The van der Waals surface area contributed by atoms with E-state index in [1.807, 2.05) is 65.5 Å². The van der Waals surface area contributed by atoms with E-state index in [1.165, 1.54) is 6.33 Å². The minimum absolute atomic E-state index is 0.131. The van der Waals surface area contributed by atoms with Gasteiger partial charge in [0.1, 0.15) is 17.9 Å². The fourth-order valence-electron chi connectivity index (χ4n) is 3.63. The third kappa shape index (κ3) is 4.42. The number of fused-ring (bicyclic) bond motifs is 2. The van der Waals surface area contributed by atoms with E-state index in [1.54, 1.807) is 6.20 Å². The fraction of sp³-hybridized carbons (Fsp3) is 0.125. The molecule has 0 unspecified atom stereocenters. The van der Waals surface area contributed by atoms with E-state index in [-0.39, 0.29) is 13.0 Å². The van der Waals surface area contributed by atoms with Gasteiger partial charge in [-0.15, -0.1) is 0 Å². The Hall–Kier alpha value is -4.53. The van der Waals surface area contributed by atoms with Gasteiger partial charge in [-0.25, -0.2) is 9.97 Å². The average Bonchev–Trinajstić information content (AvgIpc) is 3.21. The molecule has 0 saturated carbocycles. The molecular weight excluding hydrogens is 418 g/mol. The van der Waals surface area contributed by atoms with Crippen LogP contribution in [0.25, 0.3) is 21.8 Å². The molecule has 0 aliphatic rings. The van der Waals surface area contributed by atoms with Crippen LogP contribution in [0.2, 0.25) is 0 Å². The van der Waals surface area contributed by atoms with Crippen LogP contribution in [0.5, 0.6) is 5.75 Å². The summed E-state index contributed by atoms with van der Waals surface area (Å²) >= 11 is 0. The van der Waals surface area contributed by atoms with Gasteiger partial charge in [-0.3, -0.25) is 14.5 Å². The topological polar surface area (TPSA) is 121 Å². The molecule has 0 atom stereocenters. The fourth-order valence-corrected chi connectivity index (χ4v) is 3.63. The summed E-state index contributed by atoms with van der Waals surface area (Å²) < 4.78 is 7.72. The van der Waals surface area contributed by atoms with E-state index < -0.39 is 5.91 Å². The quantitative estimate of drug-likeness (QED) is 0.380. The predicted molar refractivity (Wildman–Crippen MR) is 125 cm³/mol. The van der Waals surface area contributed by atoms with Crippen LogP contribution in [0.1, 0.15) is 12.1 Å². The number of pyridine rings is 1. The maximum atomic E-state index is 11.1. The standard InChI is InChI=1S/C24H21N7O2/c25-22(32)9-11-33-21-6-3-5-19-23(21)24(28-15-27-19)30-17-7-8-20-16(12-17)13-29-31(20)14-18-4-1-2-10-26-18/h1-8,10,12-13,15H,9,11,14H2,(H2,25,32)(H,27,28,30). The molecule has 5 aromatic rings. The van der Waals surface area contributed by atoms with E-state index in [4.69, 9.17) is 10.5 Å². The number of carbonyl (C=O) groups excluding carboxylic acids is 1. The Morgan fingerprint density at radius 3 is 2.85 bits per heavy atom. The molecule has 3 aromatic heterocycles. The van der Waals surface area contributed by atoms with Crippen LogP contribution in [0.15, 0.2) is 73.3 Å². The van der Waals surface area contributed by atoms with E-state index >= 15 is 0 Å². The van der Waals surface area contributed by atoms with Crippen molar-refractivity contribution in [2.45, 2.75) is 13.0 Å². The summed E-state index contributed by atoms with van der Waals surface area (Å²) in [6, 6.07) is 17.4. The molecule has 33 heavy (non-hydrogen) atoms.